The van der Waals surface area contributed by atoms with Gasteiger partial charge in [-0.1, -0.05) is 12.8 Å². The number of anilines is 1. The number of amides is 1. The molecule has 1 fully saturated rings. The van der Waals surface area contributed by atoms with Crippen LogP contribution in [-0.2, 0) is 4.79 Å². The topological polar surface area (TPSA) is 68.0 Å². The Labute approximate surface area is 138 Å². The monoisotopic (exact) mass is 335 g/mol. The van der Waals surface area contributed by atoms with Crippen molar-refractivity contribution in [1.29, 1.82) is 0 Å². The van der Waals surface area contributed by atoms with E-state index in [2.05, 4.69) is 29.4 Å². The number of nitrogens with zero attached hydrogens (tertiary/aromatic N) is 1. The van der Waals surface area contributed by atoms with E-state index in [-0.39, 0.29) is 11.3 Å². The van der Waals surface area contributed by atoms with E-state index in [9.17, 15) is 4.79 Å². The Morgan fingerprint density at radius 2 is 2.05 bits per heavy atom. The van der Waals surface area contributed by atoms with Crippen LogP contribution in [0.15, 0.2) is 12.1 Å². The summed E-state index contributed by atoms with van der Waals surface area (Å²) in [6.45, 7) is 4.55. The zero-order chi connectivity index (χ0) is 15.7. The molecule has 4 nitrogen and oxygen atoms in total. The third-order valence-electron chi connectivity index (χ3n) is 4.42. The number of carbonyl (C=O) groups excluding carboxylic acids is 1. The third kappa shape index (κ3) is 2.83. The second-order valence-electron chi connectivity index (χ2n) is 5.98. The molecule has 2 heterocycles. The van der Waals surface area contributed by atoms with Gasteiger partial charge in [-0.25, -0.2) is 4.98 Å². The lowest BCUT2D eigenvalue weighted by atomic mass is 9.85. The van der Waals surface area contributed by atoms with Crippen LogP contribution in [0.3, 0.4) is 0 Å². The smallest absolute Gasteiger partial charge is 0.233 e. The molecule has 0 unspecified atom stereocenters. The quantitative estimate of drug-likeness (QED) is 0.889. The van der Waals surface area contributed by atoms with Crippen LogP contribution in [0.4, 0.5) is 5.13 Å². The Morgan fingerprint density at radius 1 is 1.32 bits per heavy atom. The number of hydrogen-bond acceptors (Lipinski definition) is 5. The zero-order valence-corrected chi connectivity index (χ0v) is 14.6. The van der Waals surface area contributed by atoms with Gasteiger partial charge in [0.15, 0.2) is 5.13 Å². The SMILES string of the molecule is Cc1ccc(-c2nc(NC(=O)C3(CN)CCCC3)sc2C)s1. The second-order valence-corrected chi connectivity index (χ2v) is 8.47. The van der Waals surface area contributed by atoms with Gasteiger partial charge in [-0.2, -0.15) is 0 Å². The standard InChI is InChI=1S/C16H21N3OS2/c1-10-5-6-12(21-10)13-11(2)22-15(18-13)19-14(20)16(9-17)7-3-4-8-16/h5-6H,3-4,7-9,17H2,1-2H3,(H,18,19,20). The van der Waals surface area contributed by atoms with Crippen molar-refractivity contribution in [3.63, 3.8) is 0 Å². The molecule has 22 heavy (non-hydrogen) atoms. The van der Waals surface area contributed by atoms with Crippen LogP contribution < -0.4 is 11.1 Å². The van der Waals surface area contributed by atoms with E-state index >= 15 is 0 Å². The van der Waals surface area contributed by atoms with Crippen molar-refractivity contribution in [2.45, 2.75) is 39.5 Å². The number of thiophene rings is 1. The van der Waals surface area contributed by atoms with Crippen LogP contribution in [0.5, 0.6) is 0 Å². The number of aromatic nitrogens is 1. The Bertz CT molecular complexity index is 683. The van der Waals surface area contributed by atoms with Crippen LogP contribution in [0.25, 0.3) is 10.6 Å². The summed E-state index contributed by atoms with van der Waals surface area (Å²) in [6, 6.07) is 4.19. The summed E-state index contributed by atoms with van der Waals surface area (Å²) in [5.41, 5.74) is 6.46. The predicted octanol–water partition coefficient (Wildman–Crippen LogP) is 3.95. The number of carbonyl (C=O) groups is 1. The number of hydrogen-bond donors (Lipinski definition) is 2. The Morgan fingerprint density at radius 3 is 2.64 bits per heavy atom. The van der Waals surface area contributed by atoms with E-state index in [1.807, 2.05) is 6.92 Å². The fraction of sp³-hybridized carbons (Fsp3) is 0.500. The molecule has 2 aromatic rings. The number of aryl methyl sites for hydroxylation is 2. The first-order valence-corrected chi connectivity index (χ1v) is 9.23. The fourth-order valence-electron chi connectivity index (χ4n) is 3.05. The van der Waals surface area contributed by atoms with Crippen molar-refractivity contribution in [1.82, 2.24) is 4.98 Å². The van der Waals surface area contributed by atoms with Crippen LogP contribution in [0.1, 0.15) is 35.4 Å². The average molecular weight is 335 g/mol. The van der Waals surface area contributed by atoms with Gasteiger partial charge in [0.1, 0.15) is 0 Å². The van der Waals surface area contributed by atoms with Gasteiger partial charge in [-0.05, 0) is 38.8 Å². The molecule has 0 aromatic carbocycles. The summed E-state index contributed by atoms with van der Waals surface area (Å²) in [7, 11) is 0. The number of nitrogens with one attached hydrogen (secondary N) is 1. The van der Waals surface area contributed by atoms with E-state index in [4.69, 9.17) is 5.73 Å². The zero-order valence-electron chi connectivity index (χ0n) is 12.9. The molecule has 2 aromatic heterocycles. The van der Waals surface area contributed by atoms with Gasteiger partial charge in [-0.15, -0.1) is 22.7 Å². The maximum atomic E-state index is 12.6. The van der Waals surface area contributed by atoms with E-state index in [1.54, 1.807) is 11.3 Å². The third-order valence-corrected chi connectivity index (χ3v) is 6.32. The summed E-state index contributed by atoms with van der Waals surface area (Å²) in [4.78, 5) is 20.8. The van der Waals surface area contributed by atoms with Gasteiger partial charge < -0.3 is 11.1 Å². The highest BCUT2D eigenvalue weighted by Crippen LogP contribution is 2.39. The van der Waals surface area contributed by atoms with E-state index in [0.717, 1.165) is 41.1 Å². The first kappa shape index (κ1) is 15.6. The summed E-state index contributed by atoms with van der Waals surface area (Å²) in [5, 5.41) is 3.69. The highest BCUT2D eigenvalue weighted by atomic mass is 32.1. The first-order valence-electron chi connectivity index (χ1n) is 7.60. The minimum absolute atomic E-state index is 0.0372. The van der Waals surface area contributed by atoms with Gasteiger partial charge in [0.25, 0.3) is 0 Å². The minimum Gasteiger partial charge on any atom is -0.329 e. The van der Waals surface area contributed by atoms with Gasteiger partial charge in [0, 0.05) is 16.3 Å². The summed E-state index contributed by atoms with van der Waals surface area (Å²) in [5.74, 6) is 0.0372. The molecule has 3 N–H and O–H groups in total. The van der Waals surface area contributed by atoms with Crippen molar-refractivity contribution < 1.29 is 4.79 Å². The lowest BCUT2D eigenvalue weighted by Gasteiger charge is -2.24. The summed E-state index contributed by atoms with van der Waals surface area (Å²) >= 11 is 3.27. The van der Waals surface area contributed by atoms with Gasteiger partial charge in [0.05, 0.1) is 16.0 Å². The van der Waals surface area contributed by atoms with Crippen molar-refractivity contribution in [3.05, 3.63) is 21.9 Å². The minimum atomic E-state index is -0.390. The van der Waals surface area contributed by atoms with Crippen molar-refractivity contribution in [2.24, 2.45) is 11.1 Å². The molecule has 1 aliphatic rings. The molecule has 118 valence electrons. The predicted molar refractivity (Wildman–Crippen MR) is 93.5 cm³/mol. The second kappa shape index (κ2) is 6.10. The molecule has 3 rings (SSSR count). The molecule has 0 atom stereocenters. The number of nitrogens with two attached hydrogens (primary N) is 1. The van der Waals surface area contributed by atoms with Crippen LogP contribution in [-0.4, -0.2) is 17.4 Å². The van der Waals surface area contributed by atoms with Crippen LogP contribution in [0.2, 0.25) is 0 Å². The van der Waals surface area contributed by atoms with E-state index in [1.165, 1.54) is 16.2 Å². The molecule has 0 saturated heterocycles. The lowest BCUT2D eigenvalue weighted by Crippen LogP contribution is -2.40. The van der Waals surface area contributed by atoms with Crippen LogP contribution in [0, 0.1) is 19.3 Å². The fourth-order valence-corrected chi connectivity index (χ4v) is 4.85. The largest absolute Gasteiger partial charge is 0.329 e. The maximum absolute atomic E-state index is 12.6. The van der Waals surface area contributed by atoms with Gasteiger partial charge in [0.2, 0.25) is 5.91 Å². The normalized spacial score (nSPS) is 16.9. The highest BCUT2D eigenvalue weighted by molar-refractivity contribution is 7.18. The van der Waals surface area contributed by atoms with E-state index in [0.29, 0.717) is 11.7 Å². The van der Waals surface area contributed by atoms with Gasteiger partial charge >= 0.3 is 0 Å². The van der Waals surface area contributed by atoms with Crippen molar-refractivity contribution in [3.8, 4) is 10.6 Å². The van der Waals surface area contributed by atoms with Crippen molar-refractivity contribution >= 4 is 33.7 Å². The lowest BCUT2D eigenvalue weighted by molar-refractivity contribution is -0.124. The molecule has 0 aliphatic heterocycles. The number of thiazole rings is 1. The molecule has 1 saturated carbocycles. The molecule has 1 amide bonds. The molecule has 6 heteroatoms. The highest BCUT2D eigenvalue weighted by Gasteiger charge is 2.40. The Kier molecular flexibility index (Phi) is 4.34. The number of rotatable bonds is 4. The summed E-state index contributed by atoms with van der Waals surface area (Å²) in [6.07, 6.45) is 3.94. The molecule has 0 spiro atoms. The Balaban J connectivity index is 1.80. The molecular weight excluding hydrogens is 314 g/mol. The van der Waals surface area contributed by atoms with Crippen molar-refractivity contribution in [2.75, 3.05) is 11.9 Å². The molecule has 0 radical (unpaired) electrons. The summed E-state index contributed by atoms with van der Waals surface area (Å²) < 4.78 is 0. The van der Waals surface area contributed by atoms with Gasteiger partial charge in [-0.3, -0.25) is 4.79 Å². The average Bonchev–Trinajstić information content (AvgIpc) is 3.19. The molecule has 0 bridgehead atoms. The van der Waals surface area contributed by atoms with E-state index < -0.39 is 0 Å². The molecule has 1 aliphatic carbocycles. The molecular formula is C16H21N3OS2. The first-order chi connectivity index (χ1) is 10.5. The Hall–Kier alpha value is -1.24. The maximum Gasteiger partial charge on any atom is 0.233 e. The van der Waals surface area contributed by atoms with Crippen LogP contribution >= 0.6 is 22.7 Å².